The lowest BCUT2D eigenvalue weighted by Crippen LogP contribution is -2.09. The molecular formula is C4H14NO3PS. The molecule has 0 aliphatic rings. The van der Waals surface area contributed by atoms with Gasteiger partial charge in [0.2, 0.25) is 0 Å². The van der Waals surface area contributed by atoms with E-state index in [-0.39, 0.29) is 0 Å². The fourth-order valence-corrected chi connectivity index (χ4v) is 0.250. The van der Waals surface area contributed by atoms with Crippen molar-refractivity contribution < 1.29 is 14.7 Å². The molecule has 0 atom stereocenters. The molecule has 0 aromatic heterocycles. The van der Waals surface area contributed by atoms with Gasteiger partial charge in [-0.1, -0.05) is 13.8 Å². The highest BCUT2D eigenvalue weighted by molar-refractivity contribution is 8.06. The highest BCUT2D eigenvalue weighted by Crippen LogP contribution is 2.26. The van der Waals surface area contributed by atoms with Crippen molar-refractivity contribution in [2.75, 3.05) is 13.1 Å². The van der Waals surface area contributed by atoms with Crippen molar-refractivity contribution in [3.8, 4) is 0 Å². The minimum absolute atomic E-state index is 1.09. The third-order valence-corrected chi connectivity index (χ3v) is 0.500. The molecule has 4 N–H and O–H groups in total. The molecule has 10 heavy (non-hydrogen) atoms. The Balaban J connectivity index is 0. The van der Waals surface area contributed by atoms with Crippen LogP contribution in [0.2, 0.25) is 0 Å². The summed E-state index contributed by atoms with van der Waals surface area (Å²) in [7, 11) is 0. The van der Waals surface area contributed by atoms with Gasteiger partial charge in [-0.3, -0.25) is 0 Å². The number of hydrogen-bond acceptors (Lipinski definition) is 2. The molecule has 0 aromatic carbocycles. The Morgan fingerprint density at radius 2 is 1.40 bits per heavy atom. The first-order chi connectivity index (χ1) is 4.41. The Labute approximate surface area is 66.2 Å². The number of rotatable bonds is 2. The Hall–Kier alpha value is 0.490. The third kappa shape index (κ3) is 76.8. The first-order valence-corrected chi connectivity index (χ1v) is 5.56. The van der Waals surface area contributed by atoms with E-state index in [0.29, 0.717) is 0 Å². The van der Waals surface area contributed by atoms with Crippen LogP contribution in [0, 0.1) is 0 Å². The molecule has 0 amide bonds. The van der Waals surface area contributed by atoms with Crippen molar-refractivity contribution in [3.63, 3.8) is 0 Å². The van der Waals surface area contributed by atoms with E-state index in [1.807, 2.05) is 0 Å². The van der Waals surface area contributed by atoms with Crippen LogP contribution in [0.25, 0.3) is 0 Å². The van der Waals surface area contributed by atoms with E-state index in [1.54, 1.807) is 0 Å². The van der Waals surface area contributed by atoms with Crippen LogP contribution < -0.4 is 5.32 Å². The van der Waals surface area contributed by atoms with E-state index >= 15 is 0 Å². The molecule has 0 saturated carbocycles. The molecule has 0 aliphatic carbocycles. The van der Waals surface area contributed by atoms with Gasteiger partial charge < -0.3 is 20.0 Å². The van der Waals surface area contributed by atoms with Crippen LogP contribution in [-0.2, 0) is 11.8 Å². The van der Waals surface area contributed by atoms with Crippen LogP contribution >= 0.6 is 6.72 Å². The summed E-state index contributed by atoms with van der Waals surface area (Å²) < 4.78 is 0. The van der Waals surface area contributed by atoms with Gasteiger partial charge in [-0.2, -0.15) is 0 Å². The molecule has 0 radical (unpaired) electrons. The fraction of sp³-hybridized carbons (Fsp3) is 1.00. The summed E-state index contributed by atoms with van der Waals surface area (Å²) in [5.41, 5.74) is 0. The predicted molar refractivity (Wildman–Crippen MR) is 45.2 cm³/mol. The zero-order chi connectivity index (χ0) is 8.62. The van der Waals surface area contributed by atoms with E-state index in [1.165, 1.54) is 0 Å². The van der Waals surface area contributed by atoms with E-state index in [0.717, 1.165) is 13.1 Å². The van der Waals surface area contributed by atoms with E-state index in [2.05, 4.69) is 31.0 Å². The lowest BCUT2D eigenvalue weighted by Gasteiger charge is -1.88. The first kappa shape index (κ1) is 13.1. The summed E-state index contributed by atoms with van der Waals surface area (Å²) in [6.45, 7) is 2.58. The molecule has 0 unspecified atom stereocenters. The van der Waals surface area contributed by atoms with Crippen molar-refractivity contribution in [2.24, 2.45) is 0 Å². The van der Waals surface area contributed by atoms with Crippen molar-refractivity contribution >= 4 is 18.5 Å². The minimum atomic E-state index is -3.81. The van der Waals surface area contributed by atoms with Gasteiger partial charge in [-0.05, 0) is 24.9 Å². The van der Waals surface area contributed by atoms with Gasteiger partial charge in [-0.25, -0.2) is 0 Å². The highest BCUT2D eigenvalue weighted by Gasteiger charge is 1.92. The van der Waals surface area contributed by atoms with Crippen molar-refractivity contribution in [1.82, 2.24) is 5.32 Å². The van der Waals surface area contributed by atoms with Gasteiger partial charge in [0.25, 0.3) is 0 Å². The second-order valence-electron chi connectivity index (χ2n) is 1.47. The second kappa shape index (κ2) is 7.60. The Morgan fingerprint density at radius 3 is 1.40 bits per heavy atom. The minimum Gasteiger partial charge on any atom is -0.325 e. The zero-order valence-electron chi connectivity index (χ0n) is 6.11. The predicted octanol–water partition coefficient (Wildman–Crippen LogP) is -0.196. The molecule has 0 spiro atoms. The van der Waals surface area contributed by atoms with Crippen LogP contribution in [0.5, 0.6) is 0 Å². The van der Waals surface area contributed by atoms with Gasteiger partial charge in [0, 0.05) is 0 Å². The fourth-order valence-electron chi connectivity index (χ4n) is 0.250. The molecule has 0 rings (SSSR count). The first-order valence-electron chi connectivity index (χ1n) is 2.90. The summed E-state index contributed by atoms with van der Waals surface area (Å²) in [6, 6.07) is 0. The van der Waals surface area contributed by atoms with Crippen LogP contribution in [0.1, 0.15) is 13.8 Å². The van der Waals surface area contributed by atoms with Gasteiger partial charge >= 0.3 is 6.72 Å². The Kier molecular flexibility index (Phi) is 9.96. The molecule has 6 heteroatoms. The maximum absolute atomic E-state index is 7.56. The SMILES string of the molecule is CCNCC.OP(O)(O)=S. The molecule has 0 aromatic rings. The average Bonchev–Trinajstić information content (AvgIpc) is 1.63. The molecule has 0 aliphatic heterocycles. The van der Waals surface area contributed by atoms with E-state index in [4.69, 9.17) is 14.7 Å². The smallest absolute Gasteiger partial charge is 0.319 e. The molecule has 0 saturated heterocycles. The lowest BCUT2D eigenvalue weighted by molar-refractivity contribution is 0.363. The van der Waals surface area contributed by atoms with Crippen LogP contribution in [0.4, 0.5) is 0 Å². The van der Waals surface area contributed by atoms with Gasteiger partial charge in [-0.15, -0.1) is 0 Å². The summed E-state index contributed by atoms with van der Waals surface area (Å²) in [5, 5.41) is 3.11. The quantitative estimate of drug-likeness (QED) is 0.451. The maximum Gasteiger partial charge on any atom is 0.319 e. The van der Waals surface area contributed by atoms with Crippen LogP contribution in [0.15, 0.2) is 0 Å². The van der Waals surface area contributed by atoms with Crippen LogP contribution in [0.3, 0.4) is 0 Å². The van der Waals surface area contributed by atoms with Gasteiger partial charge in [0.1, 0.15) is 0 Å². The molecule has 64 valence electrons. The molecule has 0 bridgehead atoms. The summed E-state index contributed by atoms with van der Waals surface area (Å²) in [4.78, 5) is 22.7. The normalized spacial score (nSPS) is 10.1. The Bertz CT molecular complexity index is 94.4. The lowest BCUT2D eigenvalue weighted by atomic mass is 10.7. The number of hydrogen-bond donors (Lipinski definition) is 4. The van der Waals surface area contributed by atoms with Crippen molar-refractivity contribution in [3.05, 3.63) is 0 Å². The maximum atomic E-state index is 7.56. The van der Waals surface area contributed by atoms with Gasteiger partial charge in [0.05, 0.1) is 0 Å². The molecule has 0 heterocycles. The average molecular weight is 187 g/mol. The van der Waals surface area contributed by atoms with Crippen molar-refractivity contribution in [1.29, 1.82) is 0 Å². The molecule has 4 nitrogen and oxygen atoms in total. The molecular weight excluding hydrogens is 173 g/mol. The molecule has 0 fully saturated rings. The summed E-state index contributed by atoms with van der Waals surface area (Å²) in [5.74, 6) is 0. The summed E-state index contributed by atoms with van der Waals surface area (Å²) >= 11 is 3.60. The monoisotopic (exact) mass is 187 g/mol. The zero-order valence-corrected chi connectivity index (χ0v) is 7.82. The highest BCUT2D eigenvalue weighted by atomic mass is 32.5. The third-order valence-electron chi connectivity index (χ3n) is 0.500. The Morgan fingerprint density at radius 1 is 1.20 bits per heavy atom. The van der Waals surface area contributed by atoms with Crippen molar-refractivity contribution in [2.45, 2.75) is 13.8 Å². The van der Waals surface area contributed by atoms with E-state index in [9.17, 15) is 0 Å². The topological polar surface area (TPSA) is 72.7 Å². The van der Waals surface area contributed by atoms with Crippen LogP contribution in [-0.4, -0.2) is 27.8 Å². The second-order valence-corrected chi connectivity index (χ2v) is 3.97. The summed E-state index contributed by atoms with van der Waals surface area (Å²) in [6.07, 6.45) is 0. The standard InChI is InChI=1S/C4H11N.H3O3PS/c1-3-5-4-2;1-4(2,3)5/h5H,3-4H2,1-2H3;(H3,1,2,3,5). The van der Waals surface area contributed by atoms with E-state index < -0.39 is 6.72 Å². The largest absolute Gasteiger partial charge is 0.325 e. The number of nitrogens with one attached hydrogen (secondary N) is 1. The van der Waals surface area contributed by atoms with Gasteiger partial charge in [0.15, 0.2) is 0 Å².